The van der Waals surface area contributed by atoms with Crippen LogP contribution >= 0.6 is 0 Å². The van der Waals surface area contributed by atoms with E-state index in [4.69, 9.17) is 0 Å². The summed E-state index contributed by atoms with van der Waals surface area (Å²) in [4.78, 5) is 25.0. The van der Waals surface area contributed by atoms with Gasteiger partial charge in [0.15, 0.2) is 0 Å². The van der Waals surface area contributed by atoms with E-state index in [1.165, 1.54) is 6.92 Å². The Morgan fingerprint density at radius 3 is 1.63 bits per heavy atom. The molecule has 0 radical (unpaired) electrons. The van der Waals surface area contributed by atoms with Gasteiger partial charge in [-0.05, 0) is 31.2 Å². The Bertz CT molecular complexity index is 524. The summed E-state index contributed by atoms with van der Waals surface area (Å²) in [5.74, 6) is -0.355. The van der Waals surface area contributed by atoms with Crippen molar-refractivity contribution in [3.8, 4) is 0 Å². The highest BCUT2D eigenvalue weighted by molar-refractivity contribution is 6.08. The fourth-order valence-corrected chi connectivity index (χ4v) is 1.88. The van der Waals surface area contributed by atoms with Crippen molar-refractivity contribution in [2.75, 3.05) is 4.90 Å². The number of rotatable bonds is 4. The maximum atomic E-state index is 12.3. The van der Waals surface area contributed by atoms with E-state index in [0.29, 0.717) is 0 Å². The molecule has 0 heterocycles. The third-order valence-corrected chi connectivity index (χ3v) is 2.68. The second kappa shape index (κ2) is 5.96. The lowest BCUT2D eigenvalue weighted by Gasteiger charge is -2.22. The van der Waals surface area contributed by atoms with Gasteiger partial charge in [-0.1, -0.05) is 36.4 Å². The first-order chi connectivity index (χ1) is 9.18. The molecule has 0 bridgehead atoms. The number of anilines is 2. The smallest absolute Gasteiger partial charge is 0.238 e. The highest BCUT2D eigenvalue weighted by atomic mass is 16.2. The zero-order valence-electron chi connectivity index (χ0n) is 10.7. The second-order valence-corrected chi connectivity index (χ2v) is 4.28. The Labute approximate surface area is 112 Å². The van der Waals surface area contributed by atoms with Crippen molar-refractivity contribution in [3.63, 3.8) is 0 Å². The molecular weight excluding hydrogens is 238 g/mol. The van der Waals surface area contributed by atoms with Crippen LogP contribution in [-0.4, -0.2) is 11.7 Å². The number of nitrogens with zero attached hydrogens (tertiary/aromatic N) is 1. The maximum Gasteiger partial charge on any atom is 0.238 e. The largest absolute Gasteiger partial charge is 0.299 e. The van der Waals surface area contributed by atoms with E-state index >= 15 is 0 Å². The topological polar surface area (TPSA) is 37.4 Å². The lowest BCUT2D eigenvalue weighted by Crippen LogP contribution is -2.27. The molecule has 19 heavy (non-hydrogen) atoms. The molecule has 0 atom stereocenters. The summed E-state index contributed by atoms with van der Waals surface area (Å²) in [6.07, 6.45) is -0.0935. The number of hydrogen-bond acceptors (Lipinski definition) is 2. The van der Waals surface area contributed by atoms with Gasteiger partial charge in [0.25, 0.3) is 0 Å². The van der Waals surface area contributed by atoms with Crippen LogP contribution in [0.3, 0.4) is 0 Å². The van der Waals surface area contributed by atoms with Crippen molar-refractivity contribution >= 4 is 23.1 Å². The Balaban J connectivity index is 2.40. The number of carbonyl (C=O) groups is 2. The maximum absolute atomic E-state index is 12.3. The SMILES string of the molecule is CC(=O)CC(=O)N(c1ccccc1)c1ccccc1. The molecular formula is C16H15NO2. The summed E-state index contributed by atoms with van der Waals surface area (Å²) in [6.45, 7) is 1.42. The molecule has 0 aliphatic rings. The molecule has 0 fully saturated rings. The highest BCUT2D eigenvalue weighted by Gasteiger charge is 2.18. The molecule has 1 amide bonds. The van der Waals surface area contributed by atoms with Crippen molar-refractivity contribution in [2.24, 2.45) is 0 Å². The summed E-state index contributed by atoms with van der Waals surface area (Å²) in [6, 6.07) is 18.7. The molecule has 0 spiro atoms. The summed E-state index contributed by atoms with van der Waals surface area (Å²) in [7, 11) is 0. The van der Waals surface area contributed by atoms with Crippen molar-refractivity contribution in [1.82, 2.24) is 0 Å². The van der Waals surface area contributed by atoms with Crippen LogP contribution in [0.15, 0.2) is 60.7 Å². The molecule has 0 N–H and O–H groups in total. The standard InChI is InChI=1S/C16H15NO2/c1-13(18)12-16(19)17(14-8-4-2-5-9-14)15-10-6-3-7-11-15/h2-11H,12H2,1H3. The van der Waals surface area contributed by atoms with Gasteiger partial charge in [0.1, 0.15) is 5.78 Å². The van der Waals surface area contributed by atoms with E-state index in [2.05, 4.69) is 0 Å². The predicted molar refractivity (Wildman–Crippen MR) is 75.3 cm³/mol. The minimum absolute atomic E-state index is 0.0935. The van der Waals surface area contributed by atoms with Crippen molar-refractivity contribution in [2.45, 2.75) is 13.3 Å². The van der Waals surface area contributed by atoms with Crippen molar-refractivity contribution < 1.29 is 9.59 Å². The lowest BCUT2D eigenvalue weighted by molar-refractivity contribution is -0.125. The zero-order valence-corrected chi connectivity index (χ0v) is 10.7. The van der Waals surface area contributed by atoms with Gasteiger partial charge in [0.05, 0.1) is 6.42 Å². The predicted octanol–water partition coefficient (Wildman–Crippen LogP) is 3.33. The van der Waals surface area contributed by atoms with Crippen molar-refractivity contribution in [3.05, 3.63) is 60.7 Å². The van der Waals surface area contributed by atoms with Gasteiger partial charge in [-0.15, -0.1) is 0 Å². The van der Waals surface area contributed by atoms with Crippen LogP contribution in [0.5, 0.6) is 0 Å². The Kier molecular flexibility index (Phi) is 4.08. The third kappa shape index (κ3) is 3.28. The molecule has 2 rings (SSSR count). The van der Waals surface area contributed by atoms with Gasteiger partial charge in [-0.3, -0.25) is 14.5 Å². The van der Waals surface area contributed by atoms with Gasteiger partial charge in [0.2, 0.25) is 5.91 Å². The minimum Gasteiger partial charge on any atom is -0.299 e. The fourth-order valence-electron chi connectivity index (χ4n) is 1.88. The van der Waals surface area contributed by atoms with Gasteiger partial charge in [-0.25, -0.2) is 0 Å². The summed E-state index contributed by atoms with van der Waals surface area (Å²) >= 11 is 0. The van der Waals surface area contributed by atoms with E-state index in [1.807, 2.05) is 60.7 Å². The number of amides is 1. The molecule has 96 valence electrons. The van der Waals surface area contributed by atoms with Gasteiger partial charge >= 0.3 is 0 Å². The fraction of sp³-hybridized carbons (Fsp3) is 0.125. The molecule has 0 saturated heterocycles. The molecule has 0 aliphatic heterocycles. The van der Waals surface area contributed by atoms with E-state index < -0.39 is 0 Å². The number of ketones is 1. The normalized spacial score (nSPS) is 9.95. The molecule has 0 saturated carbocycles. The minimum atomic E-state index is -0.218. The molecule has 3 nitrogen and oxygen atoms in total. The zero-order chi connectivity index (χ0) is 13.7. The van der Waals surface area contributed by atoms with E-state index in [0.717, 1.165) is 11.4 Å². The first-order valence-electron chi connectivity index (χ1n) is 6.11. The molecule has 2 aromatic carbocycles. The number of hydrogen-bond donors (Lipinski definition) is 0. The third-order valence-electron chi connectivity index (χ3n) is 2.68. The number of benzene rings is 2. The average Bonchev–Trinajstić information content (AvgIpc) is 2.40. The van der Waals surface area contributed by atoms with Crippen LogP contribution in [0.25, 0.3) is 0 Å². The first kappa shape index (κ1) is 13.0. The Morgan fingerprint density at radius 1 is 0.842 bits per heavy atom. The highest BCUT2D eigenvalue weighted by Crippen LogP contribution is 2.25. The summed E-state index contributed by atoms with van der Waals surface area (Å²) in [5.41, 5.74) is 1.53. The molecule has 0 aliphatic carbocycles. The second-order valence-electron chi connectivity index (χ2n) is 4.28. The van der Waals surface area contributed by atoms with Gasteiger partial charge < -0.3 is 0 Å². The lowest BCUT2D eigenvalue weighted by atomic mass is 10.2. The molecule has 0 unspecified atom stereocenters. The van der Waals surface area contributed by atoms with Crippen molar-refractivity contribution in [1.29, 1.82) is 0 Å². The Hall–Kier alpha value is -2.42. The molecule has 2 aromatic rings. The van der Waals surface area contributed by atoms with Crippen LogP contribution in [0, 0.1) is 0 Å². The monoisotopic (exact) mass is 253 g/mol. The first-order valence-corrected chi connectivity index (χ1v) is 6.11. The summed E-state index contributed by atoms with van der Waals surface area (Å²) < 4.78 is 0. The Morgan fingerprint density at radius 2 is 1.26 bits per heavy atom. The van der Waals surface area contributed by atoms with Crippen LogP contribution in [0.4, 0.5) is 11.4 Å². The van der Waals surface area contributed by atoms with E-state index in [1.54, 1.807) is 4.90 Å². The van der Waals surface area contributed by atoms with E-state index in [9.17, 15) is 9.59 Å². The molecule has 3 heteroatoms. The number of para-hydroxylation sites is 2. The number of carbonyl (C=O) groups excluding carboxylic acids is 2. The quantitative estimate of drug-likeness (QED) is 0.784. The van der Waals surface area contributed by atoms with Crippen LogP contribution in [0.2, 0.25) is 0 Å². The van der Waals surface area contributed by atoms with Crippen LogP contribution in [0.1, 0.15) is 13.3 Å². The number of Topliss-reactive ketones (excluding diaryl/α,β-unsaturated/α-hetero) is 1. The van der Waals surface area contributed by atoms with Gasteiger partial charge in [-0.2, -0.15) is 0 Å². The van der Waals surface area contributed by atoms with E-state index in [-0.39, 0.29) is 18.1 Å². The van der Waals surface area contributed by atoms with Crippen LogP contribution < -0.4 is 4.90 Å². The average molecular weight is 253 g/mol. The van der Waals surface area contributed by atoms with Gasteiger partial charge in [0, 0.05) is 11.4 Å². The summed E-state index contributed by atoms with van der Waals surface area (Å²) in [5, 5.41) is 0. The van der Waals surface area contributed by atoms with Crippen LogP contribution in [-0.2, 0) is 9.59 Å². The molecule has 0 aromatic heterocycles.